The molecule has 0 aliphatic carbocycles. The molecule has 0 radical (unpaired) electrons. The van der Waals surface area contributed by atoms with Crippen LogP contribution in [0.5, 0.6) is 0 Å². The number of benzene rings is 4. The first kappa shape index (κ1) is 39.4. The number of carbonyl (C=O) groups is 2. The van der Waals surface area contributed by atoms with Gasteiger partial charge in [-0.15, -0.1) is 0 Å². The van der Waals surface area contributed by atoms with Crippen LogP contribution in [0.1, 0.15) is 70.2 Å². The molecule has 0 fully saturated rings. The molecular weight excluding hydrogens is 693 g/mol. The molecule has 0 bridgehead atoms. The van der Waals surface area contributed by atoms with Gasteiger partial charge in [-0.3, -0.25) is 9.59 Å². The second-order valence-corrected chi connectivity index (χ2v) is 13.9. The summed E-state index contributed by atoms with van der Waals surface area (Å²) in [5.74, 6) is 1.70. The fourth-order valence-electron chi connectivity index (χ4n) is 7.42. The number of aromatic nitrogens is 4. The molecule has 2 amide bonds. The number of H-pyrrole nitrogens is 2. The summed E-state index contributed by atoms with van der Waals surface area (Å²) >= 11 is 0. The Labute approximate surface area is 330 Å². The lowest BCUT2D eigenvalue weighted by atomic mass is 9.93. The number of hydrogen-bond donors (Lipinski definition) is 2. The van der Waals surface area contributed by atoms with Crippen molar-refractivity contribution in [2.45, 2.75) is 66.0 Å². The van der Waals surface area contributed by atoms with Crippen molar-refractivity contribution in [1.82, 2.24) is 29.7 Å². The Morgan fingerprint density at radius 3 is 2.14 bits per heavy atom. The Morgan fingerprint density at radius 2 is 1.46 bits per heavy atom. The third-order valence-corrected chi connectivity index (χ3v) is 10.1. The van der Waals surface area contributed by atoms with Gasteiger partial charge >= 0.3 is 0 Å². The molecule has 8 heteroatoms. The van der Waals surface area contributed by atoms with Crippen molar-refractivity contribution >= 4 is 22.6 Å². The van der Waals surface area contributed by atoms with Gasteiger partial charge in [-0.1, -0.05) is 136 Å². The van der Waals surface area contributed by atoms with Crippen molar-refractivity contribution in [1.29, 1.82) is 0 Å². The van der Waals surface area contributed by atoms with E-state index in [1.165, 1.54) is 0 Å². The smallest absolute Gasteiger partial charge is 0.227 e. The first-order chi connectivity index (χ1) is 27.4. The molecule has 0 saturated carbocycles. The predicted octanol–water partition coefficient (Wildman–Crippen LogP) is 10.6. The van der Waals surface area contributed by atoms with E-state index in [0.29, 0.717) is 32.5 Å². The molecule has 2 aromatic heterocycles. The van der Waals surface area contributed by atoms with Crippen molar-refractivity contribution < 1.29 is 9.59 Å². The number of imidazole rings is 2. The molecule has 2 heterocycles. The highest BCUT2D eigenvalue weighted by atomic mass is 16.2. The fraction of sp³-hybridized carbons (Fsp3) is 0.250. The largest absolute Gasteiger partial charge is 0.341 e. The van der Waals surface area contributed by atoms with Crippen LogP contribution in [-0.4, -0.2) is 54.6 Å². The number of rotatable bonds is 17. The number of fused-ring (bicyclic) bond motifs is 1. The van der Waals surface area contributed by atoms with Gasteiger partial charge in [0, 0.05) is 18.7 Å². The Bertz CT molecular complexity index is 2310. The maximum Gasteiger partial charge on any atom is 0.227 e. The molecule has 0 unspecified atom stereocenters. The summed E-state index contributed by atoms with van der Waals surface area (Å²) in [6.07, 6.45) is 13.5. The minimum atomic E-state index is -0.177. The second-order valence-electron chi connectivity index (χ2n) is 13.9. The van der Waals surface area contributed by atoms with Gasteiger partial charge in [0.05, 0.1) is 49.2 Å². The molecule has 0 saturated heterocycles. The van der Waals surface area contributed by atoms with Gasteiger partial charge in [0.2, 0.25) is 11.8 Å². The van der Waals surface area contributed by atoms with Crippen LogP contribution in [0.25, 0.3) is 44.4 Å². The van der Waals surface area contributed by atoms with Gasteiger partial charge in [-0.05, 0) is 65.3 Å². The van der Waals surface area contributed by atoms with Crippen molar-refractivity contribution in [2.24, 2.45) is 0 Å². The minimum absolute atomic E-state index is 0.0573. The zero-order valence-electron chi connectivity index (χ0n) is 33.0. The standard InChI is InChI=1S/C48H52N6O2/c1-6-16-34(17-7-2)30-47(56)54(10-5)44(9-4)48-50-32-43(52-48)41-27-26-38(39-20-14-15-21-40(39)41)36-22-24-37(25-23-36)42-31-49-45(51-42)33-53(28-8-3)46(55)29-35-18-12-11-13-19-35/h6-7,11-27,31-32,44H,1,8-10,28-30,33H2,2-5H3,(H,49,51)(H,50,52)/b17-7-,34-16+/t44-/m0/s1. The van der Waals surface area contributed by atoms with Crippen LogP contribution in [0.2, 0.25) is 0 Å². The van der Waals surface area contributed by atoms with Gasteiger partial charge in [0.25, 0.3) is 0 Å². The van der Waals surface area contributed by atoms with Crippen LogP contribution in [0.4, 0.5) is 0 Å². The van der Waals surface area contributed by atoms with E-state index >= 15 is 0 Å². The minimum Gasteiger partial charge on any atom is -0.341 e. The summed E-state index contributed by atoms with van der Waals surface area (Å²) in [7, 11) is 0. The van der Waals surface area contributed by atoms with Crippen LogP contribution in [0.3, 0.4) is 0 Å². The van der Waals surface area contributed by atoms with Crippen molar-refractivity contribution in [3.63, 3.8) is 0 Å². The summed E-state index contributed by atoms with van der Waals surface area (Å²) in [5.41, 5.74) is 8.08. The SMILES string of the molecule is C=C/C=C(\C=C/C)CC(=O)N(CC)[C@@H](CC)c1ncc(-c2ccc(-c3ccc(-c4cnc(CN(CCC)C(=O)Cc5ccccc5)[nH]4)cc3)c3ccccc23)[nH]1. The fourth-order valence-corrected chi connectivity index (χ4v) is 7.42. The number of amides is 2. The Morgan fingerprint density at radius 1 is 0.786 bits per heavy atom. The molecule has 1 atom stereocenters. The number of hydrogen-bond acceptors (Lipinski definition) is 4. The second kappa shape index (κ2) is 18.8. The van der Waals surface area contributed by atoms with E-state index in [1.807, 2.05) is 84.6 Å². The van der Waals surface area contributed by atoms with E-state index in [-0.39, 0.29) is 17.9 Å². The summed E-state index contributed by atoms with van der Waals surface area (Å²) in [6.45, 7) is 13.6. The van der Waals surface area contributed by atoms with Crippen molar-refractivity contribution in [2.75, 3.05) is 13.1 Å². The number of nitrogens with zero attached hydrogens (tertiary/aromatic N) is 4. The first-order valence-electron chi connectivity index (χ1n) is 19.6. The molecular formula is C48H52N6O2. The quantitative estimate of drug-likeness (QED) is 0.0909. The molecule has 0 aliphatic heterocycles. The summed E-state index contributed by atoms with van der Waals surface area (Å²) in [6, 6.07) is 31.0. The molecule has 0 aliphatic rings. The lowest BCUT2D eigenvalue weighted by molar-refractivity contribution is -0.133. The molecule has 56 heavy (non-hydrogen) atoms. The maximum atomic E-state index is 13.5. The number of allylic oxidation sites excluding steroid dienone is 4. The Balaban J connectivity index is 1.20. The zero-order chi connectivity index (χ0) is 39.4. The molecule has 6 aromatic rings. The summed E-state index contributed by atoms with van der Waals surface area (Å²) < 4.78 is 0. The monoisotopic (exact) mass is 744 g/mol. The lowest BCUT2D eigenvalue weighted by Crippen LogP contribution is -2.35. The van der Waals surface area contributed by atoms with Crippen LogP contribution in [0.15, 0.2) is 140 Å². The molecule has 2 N–H and O–H groups in total. The Hall–Kier alpha value is -6.28. The van der Waals surface area contributed by atoms with Gasteiger partial charge in [0.15, 0.2) is 0 Å². The summed E-state index contributed by atoms with van der Waals surface area (Å²) in [4.78, 5) is 47.0. The normalized spacial score (nSPS) is 12.2. The highest BCUT2D eigenvalue weighted by Gasteiger charge is 2.26. The molecule has 6 rings (SSSR count). The van der Waals surface area contributed by atoms with Crippen LogP contribution in [0, 0.1) is 0 Å². The number of carbonyl (C=O) groups excluding carboxylic acids is 2. The summed E-state index contributed by atoms with van der Waals surface area (Å²) in [5, 5.41) is 2.25. The topological polar surface area (TPSA) is 98.0 Å². The average Bonchev–Trinajstić information content (AvgIpc) is 3.90. The van der Waals surface area contributed by atoms with E-state index in [0.717, 1.165) is 80.0 Å². The van der Waals surface area contributed by atoms with Crippen molar-refractivity contribution in [3.05, 3.63) is 157 Å². The number of aromatic amines is 2. The highest BCUT2D eigenvalue weighted by molar-refractivity contribution is 6.04. The van der Waals surface area contributed by atoms with Gasteiger partial charge in [-0.25, -0.2) is 9.97 Å². The van der Waals surface area contributed by atoms with Gasteiger partial charge in [-0.2, -0.15) is 0 Å². The maximum absolute atomic E-state index is 13.5. The van der Waals surface area contributed by atoms with E-state index < -0.39 is 0 Å². The average molecular weight is 745 g/mol. The van der Waals surface area contributed by atoms with Crippen LogP contribution < -0.4 is 0 Å². The third kappa shape index (κ3) is 9.15. The molecule has 0 spiro atoms. The lowest BCUT2D eigenvalue weighted by Gasteiger charge is -2.29. The highest BCUT2D eigenvalue weighted by Crippen LogP contribution is 2.36. The van der Waals surface area contributed by atoms with Gasteiger partial charge in [0.1, 0.15) is 11.6 Å². The van der Waals surface area contributed by atoms with Crippen LogP contribution in [-0.2, 0) is 22.6 Å². The van der Waals surface area contributed by atoms with Gasteiger partial charge < -0.3 is 19.8 Å². The zero-order valence-corrected chi connectivity index (χ0v) is 33.0. The first-order valence-corrected chi connectivity index (χ1v) is 19.6. The Kier molecular flexibility index (Phi) is 13.3. The number of nitrogens with one attached hydrogen (secondary N) is 2. The van der Waals surface area contributed by atoms with E-state index in [2.05, 4.69) is 96.0 Å². The molecule has 4 aromatic carbocycles. The predicted molar refractivity (Wildman–Crippen MR) is 229 cm³/mol. The van der Waals surface area contributed by atoms with Crippen molar-refractivity contribution in [3.8, 4) is 33.6 Å². The van der Waals surface area contributed by atoms with E-state index in [9.17, 15) is 9.59 Å². The van der Waals surface area contributed by atoms with E-state index in [1.54, 1.807) is 6.08 Å². The molecule has 286 valence electrons. The van der Waals surface area contributed by atoms with Crippen LogP contribution >= 0.6 is 0 Å². The molecule has 8 nitrogen and oxygen atoms in total. The third-order valence-electron chi connectivity index (χ3n) is 10.1. The van der Waals surface area contributed by atoms with E-state index in [4.69, 9.17) is 4.98 Å².